The van der Waals surface area contributed by atoms with Crippen LogP contribution in [-0.4, -0.2) is 37.0 Å². The highest BCUT2D eigenvalue weighted by Crippen LogP contribution is 2.41. The number of hydrogen-bond acceptors (Lipinski definition) is 3. The van der Waals surface area contributed by atoms with Crippen LogP contribution in [-0.2, 0) is 6.61 Å². The molecule has 2 aliphatic rings. The smallest absolute Gasteiger partial charge is 0.251 e. The summed E-state index contributed by atoms with van der Waals surface area (Å²) in [6.07, 6.45) is 2.07. The fourth-order valence-corrected chi connectivity index (χ4v) is 4.44. The first-order chi connectivity index (χ1) is 14.6. The van der Waals surface area contributed by atoms with Gasteiger partial charge >= 0.3 is 0 Å². The van der Waals surface area contributed by atoms with E-state index in [9.17, 15) is 4.79 Å². The summed E-state index contributed by atoms with van der Waals surface area (Å²) in [5, 5.41) is 2.88. The van der Waals surface area contributed by atoms with Crippen molar-refractivity contribution < 1.29 is 9.53 Å². The molecule has 0 spiro atoms. The summed E-state index contributed by atoms with van der Waals surface area (Å²) in [6.45, 7) is 12.3. The van der Waals surface area contributed by atoms with Gasteiger partial charge in [-0.3, -0.25) is 9.69 Å². The largest absolute Gasteiger partial charge is 0.488 e. The van der Waals surface area contributed by atoms with Crippen LogP contribution in [0.5, 0.6) is 5.75 Å². The zero-order chi connectivity index (χ0) is 21.1. The maximum absolute atomic E-state index is 12.4. The fraction of sp³-hybridized carbons (Fsp3) is 0.346. The summed E-state index contributed by atoms with van der Waals surface area (Å²) >= 11 is 0. The summed E-state index contributed by atoms with van der Waals surface area (Å²) in [5.74, 6) is 0.731. The average molecular weight is 403 g/mol. The van der Waals surface area contributed by atoms with Gasteiger partial charge in [-0.05, 0) is 61.6 Å². The van der Waals surface area contributed by atoms with E-state index < -0.39 is 0 Å². The molecule has 4 heteroatoms. The summed E-state index contributed by atoms with van der Waals surface area (Å²) in [6, 6.07) is 14.4. The quantitative estimate of drug-likeness (QED) is 0.747. The molecular formula is C26H30N2O2. The Hall–Kier alpha value is -2.85. The van der Waals surface area contributed by atoms with Gasteiger partial charge in [-0.1, -0.05) is 42.0 Å². The number of piperidine rings is 1. The van der Waals surface area contributed by atoms with Crippen molar-refractivity contribution in [3.05, 3.63) is 82.4 Å². The number of rotatable bonds is 4. The van der Waals surface area contributed by atoms with E-state index in [1.807, 2.05) is 19.1 Å². The second-order valence-electron chi connectivity index (χ2n) is 8.23. The normalized spacial score (nSPS) is 16.2. The molecule has 0 atom stereocenters. The summed E-state index contributed by atoms with van der Waals surface area (Å²) in [7, 11) is 0. The van der Waals surface area contributed by atoms with Crippen molar-refractivity contribution in [1.29, 1.82) is 0 Å². The molecule has 1 fully saturated rings. The second-order valence-corrected chi connectivity index (χ2v) is 8.23. The van der Waals surface area contributed by atoms with Gasteiger partial charge in [0.15, 0.2) is 0 Å². The molecule has 0 saturated carbocycles. The molecule has 2 aromatic rings. The number of carbonyl (C=O) groups excluding carboxylic acids is 1. The molecule has 2 aromatic carbocycles. The number of hydrogen-bond donors (Lipinski definition) is 1. The first-order valence-electron chi connectivity index (χ1n) is 10.8. The van der Waals surface area contributed by atoms with Crippen LogP contribution in [0.25, 0.3) is 5.57 Å². The van der Waals surface area contributed by atoms with E-state index in [-0.39, 0.29) is 5.91 Å². The molecule has 0 radical (unpaired) electrons. The monoisotopic (exact) mass is 402 g/mol. The molecule has 2 aliphatic heterocycles. The highest BCUT2D eigenvalue weighted by molar-refractivity contribution is 5.96. The van der Waals surface area contributed by atoms with Crippen molar-refractivity contribution in [2.45, 2.75) is 33.3 Å². The van der Waals surface area contributed by atoms with E-state index in [0.717, 1.165) is 43.8 Å². The molecule has 2 heterocycles. The third kappa shape index (κ3) is 4.19. The SMILES string of the molecule is C=C(C)CN1CCC(=C2c3ccccc3COc3cc(C(=O)NCC)ccc32)CC1. The highest BCUT2D eigenvalue weighted by Gasteiger charge is 2.25. The van der Waals surface area contributed by atoms with Gasteiger partial charge in [-0.2, -0.15) is 0 Å². The Balaban J connectivity index is 1.76. The summed E-state index contributed by atoms with van der Waals surface area (Å²) < 4.78 is 6.20. The molecular weight excluding hydrogens is 372 g/mol. The Kier molecular flexibility index (Phi) is 6.05. The van der Waals surface area contributed by atoms with Gasteiger partial charge in [0.2, 0.25) is 0 Å². The Bertz CT molecular complexity index is 996. The third-order valence-electron chi connectivity index (χ3n) is 5.83. The van der Waals surface area contributed by atoms with Crippen LogP contribution in [0.4, 0.5) is 0 Å². The molecule has 1 saturated heterocycles. The van der Waals surface area contributed by atoms with E-state index in [1.54, 1.807) is 0 Å². The van der Waals surface area contributed by atoms with E-state index >= 15 is 0 Å². The first-order valence-corrected chi connectivity index (χ1v) is 10.8. The van der Waals surface area contributed by atoms with Gasteiger partial charge in [-0.15, -0.1) is 0 Å². The number of likely N-dealkylation sites (tertiary alicyclic amines) is 1. The van der Waals surface area contributed by atoms with Crippen LogP contribution in [0.3, 0.4) is 0 Å². The van der Waals surface area contributed by atoms with E-state index in [4.69, 9.17) is 4.74 Å². The number of ether oxygens (including phenoxy) is 1. The number of nitrogens with one attached hydrogen (secondary N) is 1. The number of amides is 1. The van der Waals surface area contributed by atoms with Crippen molar-refractivity contribution in [2.75, 3.05) is 26.2 Å². The molecule has 156 valence electrons. The molecule has 0 aromatic heterocycles. The minimum atomic E-state index is -0.0621. The third-order valence-corrected chi connectivity index (χ3v) is 5.83. The number of carbonyl (C=O) groups is 1. The lowest BCUT2D eigenvalue weighted by Gasteiger charge is -2.30. The van der Waals surface area contributed by atoms with Gasteiger partial charge in [0, 0.05) is 37.3 Å². The zero-order valence-corrected chi connectivity index (χ0v) is 18.0. The predicted octanol–water partition coefficient (Wildman–Crippen LogP) is 4.80. The fourth-order valence-electron chi connectivity index (χ4n) is 4.44. The lowest BCUT2D eigenvalue weighted by molar-refractivity contribution is 0.0955. The maximum atomic E-state index is 12.4. The van der Waals surface area contributed by atoms with Crippen LogP contribution in [0.1, 0.15) is 53.7 Å². The van der Waals surface area contributed by atoms with Crippen molar-refractivity contribution in [2.24, 2.45) is 0 Å². The van der Waals surface area contributed by atoms with Crippen LogP contribution in [0.2, 0.25) is 0 Å². The first kappa shape index (κ1) is 20.4. The van der Waals surface area contributed by atoms with Crippen LogP contribution in [0.15, 0.2) is 60.2 Å². The summed E-state index contributed by atoms with van der Waals surface area (Å²) in [5.41, 5.74) is 8.15. The van der Waals surface area contributed by atoms with Gasteiger partial charge in [0.05, 0.1) is 0 Å². The zero-order valence-electron chi connectivity index (χ0n) is 18.0. The van der Waals surface area contributed by atoms with Gasteiger partial charge < -0.3 is 10.1 Å². The Labute approximate surface area is 179 Å². The lowest BCUT2D eigenvalue weighted by atomic mass is 9.86. The van der Waals surface area contributed by atoms with Gasteiger partial charge in [-0.25, -0.2) is 0 Å². The molecule has 1 amide bonds. The molecule has 1 N–H and O–H groups in total. The topological polar surface area (TPSA) is 41.6 Å². The average Bonchev–Trinajstić information content (AvgIpc) is 2.90. The van der Waals surface area contributed by atoms with Crippen molar-refractivity contribution in [1.82, 2.24) is 10.2 Å². The Morgan fingerprint density at radius 3 is 2.63 bits per heavy atom. The number of fused-ring (bicyclic) bond motifs is 2. The van der Waals surface area contributed by atoms with Crippen molar-refractivity contribution in [3.8, 4) is 5.75 Å². The minimum Gasteiger partial charge on any atom is -0.488 e. The highest BCUT2D eigenvalue weighted by atomic mass is 16.5. The van der Waals surface area contributed by atoms with E-state index in [2.05, 4.69) is 54.1 Å². The van der Waals surface area contributed by atoms with Crippen molar-refractivity contribution in [3.63, 3.8) is 0 Å². The number of nitrogens with zero attached hydrogens (tertiary/aromatic N) is 1. The molecule has 4 rings (SSSR count). The standard InChI is InChI=1S/C26H30N2O2/c1-4-27-26(29)20-9-10-23-24(15-20)30-17-21-7-5-6-8-22(21)25(23)19-11-13-28(14-12-19)16-18(2)3/h5-10,15H,2,4,11-14,16-17H2,1,3H3,(H,27,29). The van der Waals surface area contributed by atoms with Crippen LogP contribution >= 0.6 is 0 Å². The predicted molar refractivity (Wildman–Crippen MR) is 122 cm³/mol. The lowest BCUT2D eigenvalue weighted by Crippen LogP contribution is -2.32. The minimum absolute atomic E-state index is 0.0621. The van der Waals surface area contributed by atoms with Gasteiger partial charge in [0.25, 0.3) is 5.91 Å². The summed E-state index contributed by atoms with van der Waals surface area (Å²) in [4.78, 5) is 14.8. The van der Waals surface area contributed by atoms with E-state index in [1.165, 1.54) is 27.8 Å². The molecule has 30 heavy (non-hydrogen) atoms. The molecule has 0 unspecified atom stereocenters. The van der Waals surface area contributed by atoms with Crippen molar-refractivity contribution >= 4 is 11.5 Å². The molecule has 4 nitrogen and oxygen atoms in total. The van der Waals surface area contributed by atoms with Gasteiger partial charge in [0.1, 0.15) is 12.4 Å². The Morgan fingerprint density at radius 2 is 1.90 bits per heavy atom. The molecule has 0 bridgehead atoms. The van der Waals surface area contributed by atoms with Crippen LogP contribution < -0.4 is 10.1 Å². The van der Waals surface area contributed by atoms with Crippen LogP contribution in [0, 0.1) is 0 Å². The Morgan fingerprint density at radius 1 is 1.13 bits per heavy atom. The van der Waals surface area contributed by atoms with E-state index in [0.29, 0.717) is 18.7 Å². The molecule has 0 aliphatic carbocycles. The second kappa shape index (κ2) is 8.88. The number of benzene rings is 2. The maximum Gasteiger partial charge on any atom is 0.251 e.